The second kappa shape index (κ2) is 20.3. The van der Waals surface area contributed by atoms with Crippen LogP contribution in [0.15, 0.2) is 76.5 Å². The maximum Gasteiger partial charge on any atom is 0.338 e. The van der Waals surface area contributed by atoms with Crippen molar-refractivity contribution in [2.45, 2.75) is 160 Å². The molecule has 5 aliphatic heterocycles. The molecule has 4 saturated heterocycles. The van der Waals surface area contributed by atoms with E-state index in [1.807, 2.05) is 39.0 Å². The molecule has 352 valence electrons. The van der Waals surface area contributed by atoms with Crippen molar-refractivity contribution in [1.29, 1.82) is 0 Å². The largest absolute Gasteiger partial charge is 0.497 e. The number of methoxy groups -OCH3 is 2. The van der Waals surface area contributed by atoms with E-state index in [4.69, 9.17) is 47.5 Å². The lowest BCUT2D eigenvalue weighted by molar-refractivity contribution is -0.340. The van der Waals surface area contributed by atoms with Gasteiger partial charge in [0.05, 0.1) is 43.7 Å². The van der Waals surface area contributed by atoms with E-state index >= 15 is 0 Å². The highest BCUT2D eigenvalue weighted by atomic mass is 16.7. The smallest absolute Gasteiger partial charge is 0.338 e. The minimum Gasteiger partial charge on any atom is -0.497 e. The lowest BCUT2D eigenvalue weighted by atomic mass is 9.71. The number of fused-ring (bicyclic) bond motifs is 2. The third-order valence-corrected chi connectivity index (χ3v) is 14.3. The van der Waals surface area contributed by atoms with Gasteiger partial charge in [-0.2, -0.15) is 0 Å². The van der Waals surface area contributed by atoms with E-state index in [0.29, 0.717) is 72.1 Å². The van der Waals surface area contributed by atoms with E-state index in [0.717, 1.165) is 18.4 Å². The van der Waals surface area contributed by atoms with Gasteiger partial charge in [0.1, 0.15) is 48.4 Å². The summed E-state index contributed by atoms with van der Waals surface area (Å²) in [6, 6.07) is 6.75. The summed E-state index contributed by atoms with van der Waals surface area (Å²) in [5, 5.41) is 17.0. The molecule has 0 radical (unpaired) electrons. The first-order chi connectivity index (χ1) is 30.6. The molecule has 0 amide bonds. The van der Waals surface area contributed by atoms with E-state index in [9.17, 15) is 14.7 Å². The highest BCUT2D eigenvalue weighted by Gasteiger charge is 2.60. The van der Waals surface area contributed by atoms with Crippen LogP contribution in [0.4, 0.5) is 0 Å². The maximum absolute atomic E-state index is 14.5. The number of esters is 2. The molecule has 15 atom stereocenters. The molecule has 4 fully saturated rings. The molecule has 1 spiro atoms. The Balaban J connectivity index is 1.20. The van der Waals surface area contributed by atoms with Crippen LogP contribution in [0.1, 0.15) is 104 Å². The van der Waals surface area contributed by atoms with E-state index < -0.39 is 72.2 Å². The van der Waals surface area contributed by atoms with Crippen LogP contribution >= 0.6 is 0 Å². The fraction of sp³-hybridized carbons (Fsp3) is 0.660. The molecule has 1 aromatic rings. The summed E-state index contributed by atoms with van der Waals surface area (Å²) in [4.78, 5) is 33.0. The quantitative estimate of drug-likeness (QED) is 0.147. The number of aliphatic hydroxyl groups is 1. The lowest BCUT2D eigenvalue weighted by Gasteiger charge is -2.51. The van der Waals surface area contributed by atoms with Crippen LogP contribution < -0.4 is 4.74 Å². The van der Waals surface area contributed by atoms with Crippen LogP contribution in [0, 0.1) is 23.7 Å². The molecule has 2 bridgehead atoms. The maximum atomic E-state index is 14.5. The van der Waals surface area contributed by atoms with Crippen molar-refractivity contribution in [3.05, 3.63) is 76.9 Å². The minimum atomic E-state index is -1.79. The van der Waals surface area contributed by atoms with Crippen molar-refractivity contribution in [1.82, 2.24) is 0 Å². The monoisotopic (exact) mass is 891 g/mol. The van der Waals surface area contributed by atoms with Gasteiger partial charge in [0, 0.05) is 38.7 Å². The van der Waals surface area contributed by atoms with Gasteiger partial charge in [-0.25, -0.2) is 4.79 Å². The molecule has 6 aliphatic rings. The number of benzene rings is 1. The molecule has 1 N–H and O–H groups in total. The van der Waals surface area contributed by atoms with E-state index in [2.05, 4.69) is 38.9 Å². The molecule has 5 heterocycles. The van der Waals surface area contributed by atoms with Crippen LogP contribution in [0.5, 0.6) is 5.75 Å². The third kappa shape index (κ3) is 9.94. The summed E-state index contributed by atoms with van der Waals surface area (Å²) >= 11 is 0. The molecule has 14 heteroatoms. The number of carbonyl (C=O) groups excluding carboxylic acids is 2. The van der Waals surface area contributed by atoms with Gasteiger partial charge in [0.15, 0.2) is 18.2 Å². The summed E-state index contributed by atoms with van der Waals surface area (Å²) in [5.74, 6) is -1.95. The van der Waals surface area contributed by atoms with E-state index in [1.54, 1.807) is 44.6 Å². The van der Waals surface area contributed by atoms with Crippen molar-refractivity contribution in [3.63, 3.8) is 0 Å². The van der Waals surface area contributed by atoms with Gasteiger partial charge in [0.25, 0.3) is 0 Å². The Labute approximate surface area is 378 Å². The number of nitrogens with zero attached hydrogens (tertiary/aromatic N) is 1. The summed E-state index contributed by atoms with van der Waals surface area (Å²) in [6.07, 6.45) is 8.99. The van der Waals surface area contributed by atoms with Gasteiger partial charge in [0.2, 0.25) is 0 Å². The topological polar surface area (TPSA) is 159 Å². The SMILES string of the molecule is CCC(C)[C@H]1OC2(CC[C@@H]1C)C[C@@H]1C[C@@H](C/C=C(\C)[C@@H](O[C@H]3C[C@H](OC)[C@@H](OC(=O)c4ccc(OC)cc4)[C@H](C)O3)[C@@H](C)/C=C/C=C3\CO[C@@H]4/C(=N/OC)C(C)=C[C@@H](C(=O)O1)[C@]34O)O2. The summed E-state index contributed by atoms with van der Waals surface area (Å²) in [5.41, 5.74) is 1.15. The zero-order valence-electron chi connectivity index (χ0n) is 39.2. The van der Waals surface area contributed by atoms with Crippen molar-refractivity contribution < 1.29 is 62.2 Å². The molecule has 1 aliphatic carbocycles. The normalized spacial score (nSPS) is 41.3. The molecule has 1 aromatic carbocycles. The van der Waals surface area contributed by atoms with Crippen LogP contribution in [-0.2, 0) is 47.5 Å². The number of ether oxygens (including phenoxy) is 9. The Morgan fingerprint density at radius 1 is 1.05 bits per heavy atom. The summed E-state index contributed by atoms with van der Waals surface area (Å²) < 4.78 is 57.2. The van der Waals surface area contributed by atoms with Gasteiger partial charge < -0.3 is 52.6 Å². The van der Waals surface area contributed by atoms with Crippen molar-refractivity contribution in [3.8, 4) is 5.75 Å². The Hall–Kier alpha value is -3.89. The molecule has 0 saturated carbocycles. The number of oxime groups is 1. The van der Waals surface area contributed by atoms with Gasteiger partial charge in [-0.15, -0.1) is 0 Å². The van der Waals surface area contributed by atoms with Crippen LogP contribution in [0.25, 0.3) is 0 Å². The number of hydrogen-bond acceptors (Lipinski definition) is 14. The average Bonchev–Trinajstić information content (AvgIpc) is 3.62. The zero-order valence-corrected chi connectivity index (χ0v) is 39.2. The fourth-order valence-electron chi connectivity index (χ4n) is 10.4. The molecular weight excluding hydrogens is 823 g/mol. The minimum absolute atomic E-state index is 0.0130. The Morgan fingerprint density at radius 2 is 1.81 bits per heavy atom. The van der Waals surface area contributed by atoms with Crippen molar-refractivity contribution in [2.24, 2.45) is 28.8 Å². The molecule has 14 nitrogen and oxygen atoms in total. The molecule has 7 rings (SSSR count). The Morgan fingerprint density at radius 3 is 2.52 bits per heavy atom. The fourth-order valence-corrected chi connectivity index (χ4v) is 10.4. The standard InChI is InChI=1S/C50H69NO13/c1-11-28(2)44-31(5)21-22-49(64-44)26-38-24-37(63-49)18-15-30(4)43(61-41-25-40(56-9)45(33(7)59-41)62-47(52)34-16-19-36(55-8)20-17-34)29(3)13-12-14-35-27-58-46-42(51-57-10)32(6)23-39(48(53)60-38)50(35,46)54/h12-17,19-20,23,28-29,31,33,37-41,43-46,54H,11,18,21-22,24-27H2,1-10H3/b13-12+,30-15+,35-14+,51-42+/t28?,29-,31-,33-,37+,38-,39-,40-,41-,43-,44+,45-,46+,49?,50+/m0/s1. The summed E-state index contributed by atoms with van der Waals surface area (Å²) in [6.45, 7) is 14.5. The van der Waals surface area contributed by atoms with Crippen LogP contribution in [0.2, 0.25) is 0 Å². The van der Waals surface area contributed by atoms with Gasteiger partial charge in [-0.05, 0) is 86.4 Å². The second-order valence-electron chi connectivity index (χ2n) is 18.7. The highest BCUT2D eigenvalue weighted by Crippen LogP contribution is 2.47. The van der Waals surface area contributed by atoms with Crippen LogP contribution in [-0.4, -0.2) is 117 Å². The van der Waals surface area contributed by atoms with E-state index in [-0.39, 0.29) is 24.7 Å². The van der Waals surface area contributed by atoms with Crippen molar-refractivity contribution in [2.75, 3.05) is 27.9 Å². The highest BCUT2D eigenvalue weighted by molar-refractivity contribution is 6.07. The first-order valence-corrected chi connectivity index (χ1v) is 23.1. The Kier molecular flexibility index (Phi) is 15.3. The lowest BCUT2D eigenvalue weighted by Crippen LogP contribution is -2.57. The predicted octanol–water partition coefficient (Wildman–Crippen LogP) is 7.58. The second-order valence-corrected chi connectivity index (χ2v) is 18.7. The van der Waals surface area contributed by atoms with Gasteiger partial charge >= 0.3 is 11.9 Å². The molecular formula is C50H69NO13. The zero-order chi connectivity index (χ0) is 45.9. The first kappa shape index (κ1) is 48.1. The molecule has 2 unspecified atom stereocenters. The average molecular weight is 892 g/mol. The number of hydrogen-bond donors (Lipinski definition) is 1. The number of carbonyl (C=O) groups is 2. The molecule has 0 aromatic heterocycles. The number of allylic oxidation sites excluding steroid dienone is 2. The Bertz CT molecular complexity index is 1970. The van der Waals surface area contributed by atoms with Crippen LogP contribution in [0.3, 0.4) is 0 Å². The van der Waals surface area contributed by atoms with Gasteiger partial charge in [-0.1, -0.05) is 69.7 Å². The third-order valence-electron chi connectivity index (χ3n) is 14.3. The predicted molar refractivity (Wildman–Crippen MR) is 237 cm³/mol. The van der Waals surface area contributed by atoms with Crippen molar-refractivity contribution >= 4 is 17.7 Å². The van der Waals surface area contributed by atoms with Gasteiger partial charge in [-0.3, -0.25) is 4.79 Å². The molecule has 64 heavy (non-hydrogen) atoms. The first-order valence-electron chi connectivity index (χ1n) is 23.1. The number of rotatable bonds is 9. The van der Waals surface area contributed by atoms with E-state index in [1.165, 1.54) is 7.11 Å². The summed E-state index contributed by atoms with van der Waals surface area (Å²) in [7, 11) is 4.61.